The van der Waals surface area contributed by atoms with E-state index in [2.05, 4.69) is 17.6 Å². The van der Waals surface area contributed by atoms with Crippen molar-refractivity contribution >= 4 is 40.7 Å². The first-order valence-corrected chi connectivity index (χ1v) is 15.2. The zero-order valence-electron chi connectivity index (χ0n) is 24.4. The molecule has 2 aromatic rings. The molecule has 0 unspecified atom stereocenters. The minimum absolute atomic E-state index is 0.00503. The fourth-order valence-electron chi connectivity index (χ4n) is 5.71. The number of fused-ring (bicyclic) bond motifs is 1. The lowest BCUT2D eigenvalue weighted by Gasteiger charge is -2.18. The summed E-state index contributed by atoms with van der Waals surface area (Å²) in [6.07, 6.45) is 14.7. The zero-order valence-corrected chi connectivity index (χ0v) is 24.4. The molecule has 1 aliphatic carbocycles. The van der Waals surface area contributed by atoms with Gasteiger partial charge in [0.25, 0.3) is 5.91 Å². The Bertz CT molecular complexity index is 1250. The molecule has 1 saturated heterocycles. The van der Waals surface area contributed by atoms with Gasteiger partial charge in [-0.1, -0.05) is 69.9 Å². The van der Waals surface area contributed by atoms with Gasteiger partial charge in [0.2, 0.25) is 17.7 Å². The third-order valence-corrected chi connectivity index (χ3v) is 8.14. The number of allylic oxidation sites excluding steroid dienone is 2. The Morgan fingerprint density at radius 2 is 1.32 bits per heavy atom. The molecule has 4 rings (SSSR count). The van der Waals surface area contributed by atoms with Crippen LogP contribution in [-0.2, 0) is 14.4 Å². The average Bonchev–Trinajstić information content (AvgIpc) is 3.21. The van der Waals surface area contributed by atoms with Crippen molar-refractivity contribution in [2.75, 3.05) is 15.5 Å². The monoisotopic (exact) mass is 557 g/mol. The van der Waals surface area contributed by atoms with Gasteiger partial charge in [0.1, 0.15) is 0 Å². The zero-order chi connectivity index (χ0) is 29.2. The fourth-order valence-corrected chi connectivity index (χ4v) is 5.71. The molecule has 1 fully saturated rings. The highest BCUT2D eigenvalue weighted by Gasteiger charge is 2.48. The first-order chi connectivity index (χ1) is 19.9. The lowest BCUT2D eigenvalue weighted by atomic mass is 9.82. The normalized spacial score (nSPS) is 18.2. The minimum atomic E-state index is -0.300. The van der Waals surface area contributed by atoms with Crippen molar-refractivity contribution in [1.82, 2.24) is 0 Å². The van der Waals surface area contributed by atoms with Crippen molar-refractivity contribution in [2.24, 2.45) is 11.8 Å². The van der Waals surface area contributed by atoms with Crippen LogP contribution in [0.25, 0.3) is 0 Å². The Labute approximate surface area is 243 Å². The third kappa shape index (κ3) is 8.15. The Kier molecular flexibility index (Phi) is 10.9. The minimum Gasteiger partial charge on any atom is -0.326 e. The van der Waals surface area contributed by atoms with Gasteiger partial charge in [0.05, 0.1) is 17.5 Å². The molecule has 4 amide bonds. The van der Waals surface area contributed by atoms with Gasteiger partial charge in [-0.2, -0.15) is 0 Å². The Morgan fingerprint density at radius 3 is 1.95 bits per heavy atom. The van der Waals surface area contributed by atoms with Gasteiger partial charge in [0, 0.05) is 23.4 Å². The molecule has 0 bridgehead atoms. The first-order valence-electron chi connectivity index (χ1n) is 15.2. The third-order valence-electron chi connectivity index (χ3n) is 8.14. The van der Waals surface area contributed by atoms with Gasteiger partial charge in [-0.25, -0.2) is 0 Å². The molecule has 2 N–H and O–H groups in total. The van der Waals surface area contributed by atoms with Crippen LogP contribution in [0.1, 0.15) is 101 Å². The molecule has 1 aliphatic heterocycles. The molecular formula is C34H43N3O4. The largest absolute Gasteiger partial charge is 0.326 e. The van der Waals surface area contributed by atoms with Crippen molar-refractivity contribution in [3.63, 3.8) is 0 Å². The summed E-state index contributed by atoms with van der Waals surface area (Å²) < 4.78 is 0. The molecule has 2 aliphatic rings. The second-order valence-corrected chi connectivity index (χ2v) is 11.4. The van der Waals surface area contributed by atoms with Gasteiger partial charge >= 0.3 is 0 Å². The number of hydrogen-bond acceptors (Lipinski definition) is 4. The lowest BCUT2D eigenvalue weighted by molar-refractivity contribution is -0.122. The number of nitrogens with zero attached hydrogens (tertiary/aromatic N) is 1. The number of rotatable bonds is 14. The molecule has 2 atom stereocenters. The van der Waals surface area contributed by atoms with E-state index in [4.69, 9.17) is 0 Å². The SMILES string of the molecule is CCCCCCCCCCCC(=O)Nc1ccc(NC(=O)c2ccc(N3C(=O)[C@@H]4CC=C(C)C[C@H]4C3=O)cc2)cc1. The summed E-state index contributed by atoms with van der Waals surface area (Å²) in [6, 6.07) is 13.6. The maximum absolute atomic E-state index is 12.9. The summed E-state index contributed by atoms with van der Waals surface area (Å²) in [6.45, 7) is 4.22. The Hall–Kier alpha value is -3.74. The number of amides is 4. The fraction of sp³-hybridized carbons (Fsp3) is 0.471. The van der Waals surface area contributed by atoms with E-state index in [0.29, 0.717) is 41.9 Å². The number of hydrogen-bond donors (Lipinski definition) is 2. The van der Waals surface area contributed by atoms with E-state index in [-0.39, 0.29) is 35.5 Å². The van der Waals surface area contributed by atoms with Gasteiger partial charge in [-0.3, -0.25) is 24.1 Å². The molecule has 1 heterocycles. The van der Waals surface area contributed by atoms with E-state index in [0.717, 1.165) is 18.4 Å². The molecule has 7 nitrogen and oxygen atoms in total. The summed E-state index contributed by atoms with van der Waals surface area (Å²) in [5.74, 6) is -1.21. The van der Waals surface area contributed by atoms with Gasteiger partial charge < -0.3 is 10.6 Å². The highest BCUT2D eigenvalue weighted by atomic mass is 16.2. The van der Waals surface area contributed by atoms with Crippen LogP contribution in [0.4, 0.5) is 17.1 Å². The predicted molar refractivity (Wildman–Crippen MR) is 164 cm³/mol. The van der Waals surface area contributed by atoms with Gasteiger partial charge in [-0.05, 0) is 74.7 Å². The van der Waals surface area contributed by atoms with Crippen molar-refractivity contribution in [3.8, 4) is 0 Å². The van der Waals surface area contributed by atoms with Crippen LogP contribution < -0.4 is 15.5 Å². The average molecular weight is 558 g/mol. The van der Waals surface area contributed by atoms with E-state index < -0.39 is 0 Å². The summed E-state index contributed by atoms with van der Waals surface area (Å²) in [7, 11) is 0. The number of benzene rings is 2. The topological polar surface area (TPSA) is 95.6 Å². The summed E-state index contributed by atoms with van der Waals surface area (Å²) in [5, 5.41) is 5.78. The van der Waals surface area contributed by atoms with Crippen LogP contribution in [0.3, 0.4) is 0 Å². The molecule has 41 heavy (non-hydrogen) atoms. The van der Waals surface area contributed by atoms with Crippen LogP contribution in [0.15, 0.2) is 60.2 Å². The number of nitrogens with one attached hydrogen (secondary N) is 2. The van der Waals surface area contributed by atoms with E-state index in [1.165, 1.54) is 49.8 Å². The molecule has 0 radical (unpaired) electrons. The van der Waals surface area contributed by atoms with Gasteiger partial charge in [-0.15, -0.1) is 0 Å². The van der Waals surface area contributed by atoms with Crippen LogP contribution in [-0.4, -0.2) is 23.6 Å². The number of imide groups is 1. The van der Waals surface area contributed by atoms with Crippen molar-refractivity contribution in [1.29, 1.82) is 0 Å². The van der Waals surface area contributed by atoms with Crippen LogP contribution >= 0.6 is 0 Å². The summed E-state index contributed by atoms with van der Waals surface area (Å²) >= 11 is 0. The number of unbranched alkanes of at least 4 members (excludes halogenated alkanes) is 8. The number of anilines is 3. The van der Waals surface area contributed by atoms with Crippen LogP contribution in [0, 0.1) is 11.8 Å². The quantitative estimate of drug-likeness (QED) is 0.142. The second-order valence-electron chi connectivity index (χ2n) is 11.4. The maximum Gasteiger partial charge on any atom is 0.255 e. The maximum atomic E-state index is 12.9. The molecular weight excluding hydrogens is 514 g/mol. The summed E-state index contributed by atoms with van der Waals surface area (Å²) in [5.41, 5.74) is 3.35. The smallest absolute Gasteiger partial charge is 0.255 e. The van der Waals surface area contributed by atoms with Crippen molar-refractivity contribution < 1.29 is 19.2 Å². The standard InChI is InChI=1S/C34H43N3O4/c1-3-4-5-6-7-8-9-10-11-12-31(38)35-26-16-18-27(19-17-26)36-32(39)25-14-20-28(21-15-25)37-33(40)29-22-13-24(2)23-30(29)34(37)41/h13-21,29-30H,3-12,22-23H2,1-2H3,(H,35,38)(H,36,39)/t29-,30-/m1/s1. The molecule has 2 aromatic carbocycles. The number of carbonyl (C=O) groups is 4. The Morgan fingerprint density at radius 1 is 0.756 bits per heavy atom. The van der Waals surface area contributed by atoms with E-state index >= 15 is 0 Å². The highest BCUT2D eigenvalue weighted by molar-refractivity contribution is 6.22. The molecule has 0 saturated carbocycles. The Balaban J connectivity index is 1.20. The van der Waals surface area contributed by atoms with Crippen LogP contribution in [0.2, 0.25) is 0 Å². The van der Waals surface area contributed by atoms with E-state index in [9.17, 15) is 19.2 Å². The molecule has 218 valence electrons. The predicted octanol–water partition coefficient (Wildman–Crippen LogP) is 7.64. The molecule has 0 spiro atoms. The van der Waals surface area contributed by atoms with E-state index in [1.54, 1.807) is 48.5 Å². The molecule has 0 aromatic heterocycles. The van der Waals surface area contributed by atoms with Crippen LogP contribution in [0.5, 0.6) is 0 Å². The van der Waals surface area contributed by atoms with E-state index in [1.807, 2.05) is 13.0 Å². The number of carbonyl (C=O) groups excluding carboxylic acids is 4. The van der Waals surface area contributed by atoms with Crippen molar-refractivity contribution in [3.05, 3.63) is 65.7 Å². The van der Waals surface area contributed by atoms with Crippen molar-refractivity contribution in [2.45, 2.75) is 90.9 Å². The van der Waals surface area contributed by atoms with Gasteiger partial charge in [0.15, 0.2) is 0 Å². The first kappa shape index (κ1) is 30.2. The highest BCUT2D eigenvalue weighted by Crippen LogP contribution is 2.39. The second kappa shape index (κ2) is 14.8. The summed E-state index contributed by atoms with van der Waals surface area (Å²) in [4.78, 5) is 52.2. The molecule has 7 heteroatoms. The lowest BCUT2D eigenvalue weighted by Crippen LogP contribution is -2.30.